The molecular weight excluding hydrogens is 314 g/mol. The Morgan fingerprint density at radius 2 is 2.38 bits per heavy atom. The van der Waals surface area contributed by atoms with Crippen LogP contribution < -0.4 is 4.72 Å². The van der Waals surface area contributed by atoms with Gasteiger partial charge in [0.1, 0.15) is 5.69 Å². The molecule has 0 aromatic carbocycles. The number of carbonyl (C=O) groups is 1. The summed E-state index contributed by atoms with van der Waals surface area (Å²) < 4.78 is 31.3. The molecule has 1 aromatic rings. The van der Waals surface area contributed by atoms with E-state index in [1.165, 1.54) is 11.3 Å². The molecule has 2 saturated heterocycles. The summed E-state index contributed by atoms with van der Waals surface area (Å²) >= 11 is 1.37. The number of likely N-dealkylation sites (tertiary alicyclic amines) is 1. The number of nitrogens with zero attached hydrogens (tertiary/aromatic N) is 2. The Morgan fingerprint density at radius 3 is 3.05 bits per heavy atom. The van der Waals surface area contributed by atoms with Gasteiger partial charge in [-0.3, -0.25) is 4.79 Å². The van der Waals surface area contributed by atoms with Gasteiger partial charge in [0.15, 0.2) is 0 Å². The van der Waals surface area contributed by atoms with Crippen molar-refractivity contribution in [1.29, 1.82) is 0 Å². The molecule has 9 heteroatoms. The summed E-state index contributed by atoms with van der Waals surface area (Å²) in [7, 11) is -3.34. The van der Waals surface area contributed by atoms with E-state index in [0.29, 0.717) is 18.8 Å². The van der Waals surface area contributed by atoms with E-state index in [1.807, 2.05) is 0 Å². The van der Waals surface area contributed by atoms with E-state index in [1.54, 1.807) is 15.8 Å². The van der Waals surface area contributed by atoms with Gasteiger partial charge < -0.3 is 9.64 Å². The number of ether oxygens (including phenoxy) is 1. The molecule has 2 fully saturated rings. The number of nitrogens with one attached hydrogen (secondary N) is 1. The minimum atomic E-state index is -3.34. The predicted molar refractivity (Wildman–Crippen MR) is 77.7 cm³/mol. The summed E-state index contributed by atoms with van der Waals surface area (Å²) in [6.07, 6.45) is 2.53. The molecule has 3 rings (SSSR count). The Labute approximate surface area is 127 Å². The maximum Gasteiger partial charge on any atom is 0.273 e. The summed E-state index contributed by atoms with van der Waals surface area (Å²) in [5.74, 6) is -0.158. The highest BCUT2D eigenvalue weighted by Gasteiger charge is 2.47. The average molecular weight is 331 g/mol. The van der Waals surface area contributed by atoms with Crippen molar-refractivity contribution in [2.75, 3.05) is 19.4 Å². The van der Waals surface area contributed by atoms with Gasteiger partial charge in [-0.2, -0.15) is 0 Å². The molecule has 1 aromatic heterocycles. The molecule has 0 spiro atoms. The Hall–Kier alpha value is -1.03. The van der Waals surface area contributed by atoms with E-state index >= 15 is 0 Å². The topological polar surface area (TPSA) is 88.6 Å². The van der Waals surface area contributed by atoms with Crippen LogP contribution in [0.5, 0.6) is 0 Å². The Kier molecular flexibility index (Phi) is 4.00. The molecule has 0 bridgehead atoms. The highest BCUT2D eigenvalue weighted by molar-refractivity contribution is 7.88. The third kappa shape index (κ3) is 3.10. The van der Waals surface area contributed by atoms with Gasteiger partial charge in [-0.15, -0.1) is 11.3 Å². The van der Waals surface area contributed by atoms with Crippen molar-refractivity contribution in [3.63, 3.8) is 0 Å². The molecule has 21 heavy (non-hydrogen) atoms. The molecule has 0 saturated carbocycles. The van der Waals surface area contributed by atoms with Crippen LogP contribution in [0.4, 0.5) is 0 Å². The molecule has 7 nitrogen and oxygen atoms in total. The smallest absolute Gasteiger partial charge is 0.273 e. The summed E-state index contributed by atoms with van der Waals surface area (Å²) in [5, 5.41) is 1.71. The standard InChI is InChI=1S/C12H17N3O4S2/c1-21(17,18)14-8-5-15(10-3-2-4-19-11(8)10)12(16)9-6-20-7-13-9/h6-8,10-11,14H,2-5H2,1H3/t8-,10+,11+/m0/s1. The van der Waals surface area contributed by atoms with Gasteiger partial charge in [0.2, 0.25) is 10.0 Å². The fourth-order valence-electron chi connectivity index (χ4n) is 3.03. The first-order chi connectivity index (χ1) is 9.96. The van der Waals surface area contributed by atoms with Crippen molar-refractivity contribution in [3.05, 3.63) is 16.6 Å². The molecule has 2 aliphatic rings. The quantitative estimate of drug-likeness (QED) is 0.846. The molecule has 2 aliphatic heterocycles. The van der Waals surface area contributed by atoms with Gasteiger partial charge in [0.05, 0.1) is 30.0 Å². The van der Waals surface area contributed by atoms with E-state index in [-0.39, 0.29) is 18.1 Å². The third-order valence-electron chi connectivity index (χ3n) is 3.80. The Balaban J connectivity index is 1.83. The Bertz CT molecular complexity index is 616. The minimum absolute atomic E-state index is 0.0906. The highest BCUT2D eigenvalue weighted by Crippen LogP contribution is 2.30. The van der Waals surface area contributed by atoms with Gasteiger partial charge >= 0.3 is 0 Å². The molecular formula is C12H17N3O4S2. The van der Waals surface area contributed by atoms with Crippen LogP contribution in [0.15, 0.2) is 10.9 Å². The molecule has 0 aliphatic carbocycles. The van der Waals surface area contributed by atoms with Crippen molar-refractivity contribution in [3.8, 4) is 0 Å². The molecule has 3 atom stereocenters. The normalized spacial score (nSPS) is 29.4. The first-order valence-electron chi connectivity index (χ1n) is 6.74. The summed E-state index contributed by atoms with van der Waals surface area (Å²) in [4.78, 5) is 18.3. The lowest BCUT2D eigenvalue weighted by molar-refractivity contribution is -0.0157. The van der Waals surface area contributed by atoms with E-state index in [2.05, 4.69) is 9.71 Å². The van der Waals surface area contributed by atoms with Crippen molar-refractivity contribution >= 4 is 27.3 Å². The average Bonchev–Trinajstić information content (AvgIpc) is 3.05. The van der Waals surface area contributed by atoms with Crippen LogP contribution in [0.3, 0.4) is 0 Å². The SMILES string of the molecule is CS(=O)(=O)N[C@H]1CN(C(=O)c2cscn2)[C@@H]2CCCO[C@H]12. The molecule has 116 valence electrons. The number of carbonyl (C=O) groups excluding carboxylic acids is 1. The predicted octanol–water partition coefficient (Wildman–Crippen LogP) is 0.0643. The largest absolute Gasteiger partial charge is 0.374 e. The molecule has 1 amide bonds. The zero-order valence-electron chi connectivity index (χ0n) is 11.6. The molecule has 1 N–H and O–H groups in total. The highest BCUT2D eigenvalue weighted by atomic mass is 32.2. The fourth-order valence-corrected chi connectivity index (χ4v) is 4.32. The molecule has 0 radical (unpaired) electrons. The first-order valence-corrected chi connectivity index (χ1v) is 9.57. The van der Waals surface area contributed by atoms with Crippen LogP contribution in [-0.2, 0) is 14.8 Å². The number of sulfonamides is 1. The fraction of sp³-hybridized carbons (Fsp3) is 0.667. The lowest BCUT2D eigenvalue weighted by Crippen LogP contribution is -2.47. The molecule has 0 unspecified atom stereocenters. The number of amides is 1. The number of aromatic nitrogens is 1. The van der Waals surface area contributed by atoms with E-state index in [4.69, 9.17) is 4.74 Å². The van der Waals surface area contributed by atoms with Gasteiger partial charge in [-0.05, 0) is 12.8 Å². The van der Waals surface area contributed by atoms with Gasteiger partial charge in [-0.1, -0.05) is 0 Å². The second-order valence-corrected chi connectivity index (χ2v) is 7.87. The van der Waals surface area contributed by atoms with E-state index < -0.39 is 16.1 Å². The van der Waals surface area contributed by atoms with Crippen molar-refractivity contribution in [2.45, 2.75) is 31.0 Å². The Morgan fingerprint density at radius 1 is 1.57 bits per heavy atom. The monoisotopic (exact) mass is 331 g/mol. The van der Waals surface area contributed by atoms with E-state index in [0.717, 1.165) is 19.1 Å². The van der Waals surface area contributed by atoms with Crippen LogP contribution in [0, 0.1) is 0 Å². The van der Waals surface area contributed by atoms with E-state index in [9.17, 15) is 13.2 Å². The van der Waals surface area contributed by atoms with Crippen molar-refractivity contribution < 1.29 is 17.9 Å². The van der Waals surface area contributed by atoms with Crippen LogP contribution in [0.25, 0.3) is 0 Å². The van der Waals surface area contributed by atoms with Gasteiger partial charge in [-0.25, -0.2) is 18.1 Å². The second-order valence-electron chi connectivity index (χ2n) is 5.37. The second kappa shape index (κ2) is 5.64. The molecule has 3 heterocycles. The van der Waals surface area contributed by atoms with Crippen LogP contribution in [0.1, 0.15) is 23.3 Å². The first kappa shape index (κ1) is 14.9. The summed E-state index contributed by atoms with van der Waals surface area (Å²) in [6, 6.07) is -0.486. The summed E-state index contributed by atoms with van der Waals surface area (Å²) in [6.45, 7) is 0.917. The number of hydrogen-bond acceptors (Lipinski definition) is 6. The van der Waals surface area contributed by atoms with Gasteiger partial charge in [0.25, 0.3) is 5.91 Å². The van der Waals surface area contributed by atoms with Crippen molar-refractivity contribution in [2.24, 2.45) is 0 Å². The lowest BCUT2D eigenvalue weighted by Gasteiger charge is -2.32. The maximum atomic E-state index is 12.5. The summed E-state index contributed by atoms with van der Waals surface area (Å²) in [5.41, 5.74) is 2.02. The number of rotatable bonds is 3. The third-order valence-corrected chi connectivity index (χ3v) is 5.12. The number of thiazole rings is 1. The van der Waals surface area contributed by atoms with Crippen LogP contribution in [-0.4, -0.2) is 61.8 Å². The zero-order chi connectivity index (χ0) is 15.0. The van der Waals surface area contributed by atoms with Crippen LogP contribution in [0.2, 0.25) is 0 Å². The number of hydrogen-bond donors (Lipinski definition) is 1. The van der Waals surface area contributed by atoms with Crippen molar-refractivity contribution in [1.82, 2.24) is 14.6 Å². The lowest BCUT2D eigenvalue weighted by atomic mass is 10.0. The zero-order valence-corrected chi connectivity index (χ0v) is 13.2. The maximum absolute atomic E-state index is 12.5. The minimum Gasteiger partial charge on any atom is -0.374 e. The number of fused-ring (bicyclic) bond motifs is 1. The van der Waals surface area contributed by atoms with Gasteiger partial charge in [0, 0.05) is 18.5 Å². The van der Waals surface area contributed by atoms with Crippen LogP contribution >= 0.6 is 11.3 Å².